The van der Waals surface area contributed by atoms with Gasteiger partial charge in [-0.05, 0) is 71.0 Å². The number of carboxylic acid groups (broad SMARTS) is 2. The largest absolute Gasteiger partial charge is 0.508 e. The van der Waals surface area contributed by atoms with Crippen molar-refractivity contribution in [1.82, 2.24) is 42.2 Å². The molecule has 0 saturated carbocycles. The average molecular weight is 1100 g/mol. The Balaban J connectivity index is 1.36. The van der Waals surface area contributed by atoms with Gasteiger partial charge in [-0.1, -0.05) is 72.8 Å². The number of para-hydroxylation sites is 1. The van der Waals surface area contributed by atoms with Gasteiger partial charge in [0.2, 0.25) is 47.3 Å². The summed E-state index contributed by atoms with van der Waals surface area (Å²) in [5.41, 5.74) is 13.8. The highest BCUT2D eigenvalue weighted by atomic mass is 32.2. The summed E-state index contributed by atoms with van der Waals surface area (Å²) in [5.74, 6) is -10.3. The summed E-state index contributed by atoms with van der Waals surface area (Å²) in [5, 5.41) is 57.5. The number of aromatic nitrogens is 1. The van der Waals surface area contributed by atoms with Crippen molar-refractivity contribution < 1.29 is 68.4 Å². The molecule has 0 saturated heterocycles. The highest BCUT2D eigenvalue weighted by molar-refractivity contribution is 7.98. The lowest BCUT2D eigenvalue weighted by Crippen LogP contribution is -2.59. The van der Waals surface area contributed by atoms with Gasteiger partial charge in [0.05, 0.1) is 25.4 Å². The van der Waals surface area contributed by atoms with Crippen LogP contribution in [0.15, 0.2) is 109 Å². The minimum atomic E-state index is -1.79. The van der Waals surface area contributed by atoms with E-state index < -0.39 is 121 Å². The Bertz CT molecular complexity index is 2920. The molecule has 5 aromatic rings. The Morgan fingerprint density at radius 3 is 1.59 bits per heavy atom. The zero-order valence-electron chi connectivity index (χ0n) is 42.2. The molecule has 0 radical (unpaired) electrons. The van der Waals surface area contributed by atoms with E-state index in [0.717, 1.165) is 0 Å². The molecule has 5 rings (SSSR count). The molecular formula is C53H62N10O14S. The summed E-state index contributed by atoms with van der Waals surface area (Å²) >= 11 is 1.30. The van der Waals surface area contributed by atoms with Crippen molar-refractivity contribution in [2.45, 2.75) is 87.2 Å². The van der Waals surface area contributed by atoms with Crippen LogP contribution in [0.25, 0.3) is 10.9 Å². The van der Waals surface area contributed by atoms with E-state index >= 15 is 0 Å². The number of phenols is 2. The molecule has 0 fully saturated rings. The predicted molar refractivity (Wildman–Crippen MR) is 285 cm³/mol. The number of benzene rings is 4. The summed E-state index contributed by atoms with van der Waals surface area (Å²) in [4.78, 5) is 136. The van der Waals surface area contributed by atoms with Gasteiger partial charge in [-0.2, -0.15) is 11.8 Å². The fourth-order valence-electron chi connectivity index (χ4n) is 8.04. The number of aliphatic carboxylic acids is 2. The Morgan fingerprint density at radius 2 is 1.01 bits per heavy atom. The van der Waals surface area contributed by atoms with Crippen molar-refractivity contribution >= 4 is 81.9 Å². The normalized spacial score (nSPS) is 13.7. The molecule has 8 amide bonds. The SMILES string of the molecule is CSCC[C@H](NC(=O)[C@H](Cc1c[nH]c2ccccc12)NC(=O)CNC(=O)[C@H](Cc1ccc(O)cc1)NC(=O)[C@H](Cc1ccc(O)cc1)NC(=O)[C@@H](N)CC(N)=O)C(=O)N[C@@H](CC(=O)O)C(=O)N[C@@H](Cc1ccccc1)C(=O)O. The Kier molecular flexibility index (Phi) is 22.5. The minimum Gasteiger partial charge on any atom is -0.508 e. The van der Waals surface area contributed by atoms with E-state index in [1.807, 2.05) is 0 Å². The quantitative estimate of drug-likeness (QED) is 0.0273. The van der Waals surface area contributed by atoms with E-state index in [1.165, 1.54) is 60.3 Å². The lowest BCUT2D eigenvalue weighted by molar-refractivity contribution is -0.143. The summed E-state index contributed by atoms with van der Waals surface area (Å²) in [6.45, 7) is -0.780. The van der Waals surface area contributed by atoms with Crippen molar-refractivity contribution in [2.75, 3.05) is 18.6 Å². The number of thioether (sulfide) groups is 1. The van der Waals surface area contributed by atoms with Gasteiger partial charge in [0.1, 0.15) is 47.8 Å². The van der Waals surface area contributed by atoms with Crippen LogP contribution in [0.1, 0.15) is 41.5 Å². The van der Waals surface area contributed by atoms with Crippen LogP contribution in [-0.4, -0.2) is 145 Å². The van der Waals surface area contributed by atoms with Crippen LogP contribution in [0.4, 0.5) is 0 Å². The first-order chi connectivity index (χ1) is 37.2. The Hall–Kier alpha value is -8.97. The van der Waals surface area contributed by atoms with Crippen molar-refractivity contribution in [3.63, 3.8) is 0 Å². The van der Waals surface area contributed by atoms with Gasteiger partial charge in [-0.3, -0.25) is 43.2 Å². The van der Waals surface area contributed by atoms with Gasteiger partial charge in [0.15, 0.2) is 0 Å². The van der Waals surface area contributed by atoms with Crippen LogP contribution in [0.5, 0.6) is 11.5 Å². The number of carboxylic acids is 2. The third-order valence-electron chi connectivity index (χ3n) is 12.1. The predicted octanol–water partition coefficient (Wildman–Crippen LogP) is -0.610. The summed E-state index contributed by atoms with van der Waals surface area (Å²) in [6, 6.07) is 16.3. The fourth-order valence-corrected chi connectivity index (χ4v) is 8.51. The average Bonchev–Trinajstić information content (AvgIpc) is 3.82. The van der Waals surface area contributed by atoms with Crippen LogP contribution in [0.3, 0.4) is 0 Å². The number of aromatic amines is 1. The topological polar surface area (TPSA) is 404 Å². The summed E-state index contributed by atoms with van der Waals surface area (Å²) in [6.07, 6.45) is 1.06. The molecular weight excluding hydrogens is 1030 g/mol. The molecule has 25 heteroatoms. The molecule has 0 aliphatic carbocycles. The number of aromatic hydroxyl groups is 2. The maximum absolute atomic E-state index is 14.4. The molecule has 7 atom stereocenters. The highest BCUT2D eigenvalue weighted by Crippen LogP contribution is 2.20. The number of carbonyl (C=O) groups excluding carboxylic acids is 8. The van der Waals surface area contributed by atoms with Gasteiger partial charge in [0, 0.05) is 42.8 Å². The molecule has 0 spiro atoms. The van der Waals surface area contributed by atoms with Crippen molar-refractivity contribution in [1.29, 1.82) is 0 Å². The van der Waals surface area contributed by atoms with Crippen LogP contribution >= 0.6 is 11.8 Å². The second-order valence-electron chi connectivity index (χ2n) is 18.1. The van der Waals surface area contributed by atoms with Gasteiger partial charge >= 0.3 is 11.9 Å². The van der Waals surface area contributed by atoms with Gasteiger partial charge in [0.25, 0.3) is 0 Å². The molecule has 4 aromatic carbocycles. The van der Waals surface area contributed by atoms with Crippen LogP contribution < -0.4 is 48.7 Å². The number of hydrogen-bond donors (Lipinski definition) is 14. The van der Waals surface area contributed by atoms with E-state index in [0.29, 0.717) is 33.2 Å². The summed E-state index contributed by atoms with van der Waals surface area (Å²) in [7, 11) is 0. The highest BCUT2D eigenvalue weighted by Gasteiger charge is 2.34. The van der Waals surface area contributed by atoms with E-state index in [1.54, 1.807) is 67.0 Å². The van der Waals surface area contributed by atoms with E-state index in [2.05, 4.69) is 42.2 Å². The lowest BCUT2D eigenvalue weighted by atomic mass is 10.0. The van der Waals surface area contributed by atoms with Crippen LogP contribution in [0, 0.1) is 0 Å². The number of hydrogen-bond acceptors (Lipinski definition) is 14. The number of H-pyrrole nitrogens is 1. The maximum atomic E-state index is 14.4. The second-order valence-corrected chi connectivity index (χ2v) is 19.1. The third kappa shape index (κ3) is 19.0. The van der Waals surface area contributed by atoms with Gasteiger partial charge in [-0.25, -0.2) is 4.79 Å². The number of fused-ring (bicyclic) bond motifs is 1. The van der Waals surface area contributed by atoms with Crippen LogP contribution in [0.2, 0.25) is 0 Å². The maximum Gasteiger partial charge on any atom is 0.326 e. The molecule has 78 heavy (non-hydrogen) atoms. The number of nitrogens with one attached hydrogen (secondary N) is 8. The zero-order valence-corrected chi connectivity index (χ0v) is 43.0. The monoisotopic (exact) mass is 1090 g/mol. The molecule has 414 valence electrons. The minimum absolute atomic E-state index is 0.0521. The molecule has 1 heterocycles. The number of amides is 8. The van der Waals surface area contributed by atoms with E-state index in [4.69, 9.17) is 11.5 Å². The molecule has 0 unspecified atom stereocenters. The number of rotatable bonds is 30. The van der Waals surface area contributed by atoms with Crippen molar-refractivity contribution in [3.05, 3.63) is 132 Å². The number of carbonyl (C=O) groups is 10. The lowest BCUT2D eigenvalue weighted by Gasteiger charge is -2.26. The third-order valence-corrected chi connectivity index (χ3v) is 12.7. The Labute approximate surface area is 451 Å². The first kappa shape index (κ1) is 59.9. The fraction of sp³-hybridized carbons (Fsp3) is 0.321. The van der Waals surface area contributed by atoms with E-state index in [-0.39, 0.29) is 49.4 Å². The first-order valence-electron chi connectivity index (χ1n) is 24.4. The molecule has 24 nitrogen and oxygen atoms in total. The van der Waals surface area contributed by atoms with Crippen molar-refractivity contribution in [2.24, 2.45) is 11.5 Å². The second kappa shape index (κ2) is 29.4. The molecule has 0 aliphatic heterocycles. The number of phenolic OH excluding ortho intramolecular Hbond substituents is 2. The van der Waals surface area contributed by atoms with Crippen LogP contribution in [-0.2, 0) is 73.6 Å². The van der Waals surface area contributed by atoms with Gasteiger partial charge < -0.3 is 74.1 Å². The Morgan fingerprint density at radius 1 is 0.538 bits per heavy atom. The van der Waals surface area contributed by atoms with E-state index in [9.17, 15) is 68.4 Å². The number of primary amides is 1. The smallest absolute Gasteiger partial charge is 0.326 e. The molecule has 0 aliphatic rings. The van der Waals surface area contributed by atoms with Crippen molar-refractivity contribution in [3.8, 4) is 11.5 Å². The first-order valence-corrected chi connectivity index (χ1v) is 25.8. The standard InChI is InChI=1S/C53H62N10O14S/c1-78-20-19-38(49(72)62-42(26-46(68)69)52(75)63-43(53(76)77)23-29-7-3-2-4-8-29)59-51(74)41(24-32-27-56-37-10-6-5-9-35(32)37)58-45(67)28-57-48(71)39(21-30-11-15-33(64)16-12-30)61-50(73)40(22-31-13-17-34(65)18-14-31)60-47(70)36(54)25-44(55)66/h2-18,27,36,38-43,56,64-65H,19-26,28,54H2,1H3,(H2,55,66)(H,57,71)(H,58,67)(H,59,74)(H,60,70)(H,61,73)(H,62,72)(H,63,75)(H,68,69)(H,76,77)/t36-,38-,39-,40-,41-,42-,43-/m0/s1. The number of nitrogens with two attached hydrogens (primary N) is 2. The molecule has 16 N–H and O–H groups in total. The summed E-state index contributed by atoms with van der Waals surface area (Å²) < 4.78 is 0. The van der Waals surface area contributed by atoms with Gasteiger partial charge in [-0.15, -0.1) is 0 Å². The zero-order chi connectivity index (χ0) is 56.9. The molecule has 0 bridgehead atoms. The molecule has 1 aromatic heterocycles.